The molecule has 6 N–H and O–H groups in total. The number of carboxylic acid groups (broad SMARTS) is 1. The van der Waals surface area contributed by atoms with Crippen LogP contribution in [-0.2, 0) is 30.9 Å². The highest BCUT2D eigenvalue weighted by Gasteiger charge is 2.30. The van der Waals surface area contributed by atoms with Gasteiger partial charge in [-0.05, 0) is 63.3 Å². The summed E-state index contributed by atoms with van der Waals surface area (Å²) in [5.41, 5.74) is 11.4. The molecule has 1 aromatic carbocycles. The molecule has 0 spiro atoms. The maximum Gasteiger partial charge on any atom is 0.323 e. The van der Waals surface area contributed by atoms with Crippen molar-refractivity contribution in [1.82, 2.24) is 20.5 Å². The highest BCUT2D eigenvalue weighted by atomic mass is 32.2. The van der Waals surface area contributed by atoms with E-state index in [1.165, 1.54) is 0 Å². The van der Waals surface area contributed by atoms with Crippen LogP contribution in [0.25, 0.3) is 0 Å². The van der Waals surface area contributed by atoms with Crippen LogP contribution in [-0.4, -0.2) is 55.1 Å². The molecule has 36 heavy (non-hydrogen) atoms. The van der Waals surface area contributed by atoms with E-state index in [0.717, 1.165) is 17.7 Å². The number of sulfonamides is 1. The van der Waals surface area contributed by atoms with Crippen LogP contribution in [0.15, 0.2) is 35.2 Å². The van der Waals surface area contributed by atoms with Crippen molar-refractivity contribution in [2.24, 2.45) is 0 Å². The Hall–Kier alpha value is -3.06. The summed E-state index contributed by atoms with van der Waals surface area (Å²) in [5, 5.41) is 12.0. The van der Waals surface area contributed by atoms with Crippen molar-refractivity contribution in [3.8, 4) is 0 Å². The number of carboxylic acids is 1. The third-order valence-electron chi connectivity index (χ3n) is 5.91. The molecule has 3 atom stereocenters. The Morgan fingerprint density at radius 3 is 2.58 bits per heavy atom. The van der Waals surface area contributed by atoms with Crippen molar-refractivity contribution in [1.29, 1.82) is 0 Å². The Kier molecular flexibility index (Phi) is 9.01. The Morgan fingerprint density at radius 1 is 1.25 bits per heavy atom. The fourth-order valence-corrected chi connectivity index (χ4v) is 6.02. The van der Waals surface area contributed by atoms with Gasteiger partial charge in [0, 0.05) is 18.3 Å². The smallest absolute Gasteiger partial charge is 0.323 e. The van der Waals surface area contributed by atoms with E-state index in [2.05, 4.69) is 20.5 Å². The van der Waals surface area contributed by atoms with Gasteiger partial charge >= 0.3 is 5.97 Å². The number of hydroxylamine groups is 1. The molecule has 1 aliphatic rings. The van der Waals surface area contributed by atoms with Crippen molar-refractivity contribution < 1.29 is 28.0 Å². The van der Waals surface area contributed by atoms with E-state index >= 15 is 0 Å². The average molecular weight is 520 g/mol. The standard InChI is InChI=1S/C24H33N5O6S/c1-14-9-15(2)23(16(3)10-14)36(33,34)29-20(24(31)32)13-26-22(30)12-19-11-18(28-35-19)8-7-17-5-4-6-21(25)27-17/h4-6,9-10,18-20,28-29H,7-8,11-13H2,1-3H3,(H2,25,27)(H,26,30)(H,31,32). The number of nitrogens with zero attached hydrogens (tertiary/aromatic N) is 1. The van der Waals surface area contributed by atoms with Gasteiger partial charge in [-0.1, -0.05) is 23.8 Å². The molecule has 1 fully saturated rings. The highest BCUT2D eigenvalue weighted by molar-refractivity contribution is 7.89. The zero-order valence-electron chi connectivity index (χ0n) is 20.6. The van der Waals surface area contributed by atoms with Gasteiger partial charge in [-0.25, -0.2) is 13.4 Å². The number of nitrogens with one attached hydrogen (secondary N) is 3. The summed E-state index contributed by atoms with van der Waals surface area (Å²) in [6.45, 7) is 4.76. The van der Waals surface area contributed by atoms with Crippen LogP contribution in [0, 0.1) is 20.8 Å². The van der Waals surface area contributed by atoms with E-state index < -0.39 is 34.5 Å². The molecule has 2 aromatic rings. The highest BCUT2D eigenvalue weighted by Crippen LogP contribution is 2.22. The Bertz CT molecular complexity index is 1200. The number of amides is 1. The van der Waals surface area contributed by atoms with Crippen LogP contribution in [0.4, 0.5) is 5.82 Å². The Labute approximate surface area is 210 Å². The summed E-state index contributed by atoms with van der Waals surface area (Å²) in [5.74, 6) is -1.37. The number of rotatable bonds is 11. The van der Waals surface area contributed by atoms with Gasteiger partial charge in [-0.2, -0.15) is 10.2 Å². The van der Waals surface area contributed by atoms with Crippen LogP contribution >= 0.6 is 0 Å². The monoisotopic (exact) mass is 519 g/mol. The van der Waals surface area contributed by atoms with E-state index in [9.17, 15) is 23.1 Å². The average Bonchev–Trinajstić information content (AvgIpc) is 3.21. The molecule has 0 aliphatic carbocycles. The number of hydrogen-bond acceptors (Lipinski definition) is 8. The molecule has 12 heteroatoms. The molecule has 2 heterocycles. The summed E-state index contributed by atoms with van der Waals surface area (Å²) in [4.78, 5) is 33.9. The van der Waals surface area contributed by atoms with Crippen molar-refractivity contribution >= 4 is 27.7 Å². The number of aromatic nitrogens is 1. The Balaban J connectivity index is 1.50. The summed E-state index contributed by atoms with van der Waals surface area (Å²) in [6.07, 6.45) is 1.66. The Morgan fingerprint density at radius 2 is 1.94 bits per heavy atom. The lowest BCUT2D eigenvalue weighted by atomic mass is 10.0. The zero-order chi connectivity index (χ0) is 26.5. The van der Waals surface area contributed by atoms with E-state index in [-0.39, 0.29) is 23.5 Å². The molecule has 1 aliphatic heterocycles. The third kappa shape index (κ3) is 7.47. The SMILES string of the molecule is Cc1cc(C)c(S(=O)(=O)NC(CNC(=O)CC2CC(CCc3cccc(N)n3)NO2)C(=O)O)c(C)c1. The molecule has 1 saturated heterocycles. The number of nitrogens with two attached hydrogens (primary N) is 1. The van der Waals surface area contributed by atoms with E-state index in [1.54, 1.807) is 32.0 Å². The number of nitrogen functional groups attached to an aromatic ring is 1. The first-order chi connectivity index (χ1) is 16.9. The van der Waals surface area contributed by atoms with Gasteiger partial charge in [0.15, 0.2) is 0 Å². The molecule has 0 bridgehead atoms. The van der Waals surface area contributed by atoms with Crippen LogP contribution in [0.1, 0.15) is 41.6 Å². The molecule has 3 rings (SSSR count). The number of anilines is 1. The predicted molar refractivity (Wildman–Crippen MR) is 133 cm³/mol. The first-order valence-corrected chi connectivity index (χ1v) is 13.1. The van der Waals surface area contributed by atoms with Gasteiger partial charge in [0.25, 0.3) is 0 Å². The van der Waals surface area contributed by atoms with Gasteiger partial charge in [0.05, 0.1) is 17.4 Å². The number of aryl methyl sites for hydroxylation is 4. The number of pyridine rings is 1. The topological polar surface area (TPSA) is 173 Å². The summed E-state index contributed by atoms with van der Waals surface area (Å²) in [6, 6.07) is 7.40. The van der Waals surface area contributed by atoms with Crippen molar-refractivity contribution in [3.05, 3.63) is 52.7 Å². The molecule has 1 aromatic heterocycles. The van der Waals surface area contributed by atoms with Gasteiger partial charge < -0.3 is 16.2 Å². The summed E-state index contributed by atoms with van der Waals surface area (Å²) < 4.78 is 28.0. The molecule has 11 nitrogen and oxygen atoms in total. The van der Waals surface area contributed by atoms with E-state index in [4.69, 9.17) is 10.6 Å². The third-order valence-corrected chi connectivity index (χ3v) is 7.69. The predicted octanol–water partition coefficient (Wildman–Crippen LogP) is 1.12. The number of hydrogen-bond donors (Lipinski definition) is 5. The van der Waals surface area contributed by atoms with Gasteiger partial charge in [0.2, 0.25) is 15.9 Å². The van der Waals surface area contributed by atoms with Crippen LogP contribution in [0.5, 0.6) is 0 Å². The molecule has 3 unspecified atom stereocenters. The number of carbonyl (C=O) groups excluding carboxylic acids is 1. The molecular weight excluding hydrogens is 486 g/mol. The minimum atomic E-state index is -4.12. The summed E-state index contributed by atoms with van der Waals surface area (Å²) >= 11 is 0. The normalized spacial score (nSPS) is 18.6. The minimum absolute atomic E-state index is 0.00923. The lowest BCUT2D eigenvalue weighted by molar-refractivity contribution is -0.139. The van der Waals surface area contributed by atoms with Crippen molar-refractivity contribution in [2.75, 3.05) is 12.3 Å². The number of benzene rings is 1. The lowest BCUT2D eigenvalue weighted by Gasteiger charge is -2.18. The fourth-order valence-electron chi connectivity index (χ4n) is 4.38. The van der Waals surface area contributed by atoms with Crippen molar-refractivity contribution in [3.63, 3.8) is 0 Å². The van der Waals surface area contributed by atoms with Crippen LogP contribution in [0.2, 0.25) is 0 Å². The molecule has 0 radical (unpaired) electrons. The maximum absolute atomic E-state index is 12.9. The lowest BCUT2D eigenvalue weighted by Crippen LogP contribution is -2.48. The number of carbonyl (C=O) groups is 2. The minimum Gasteiger partial charge on any atom is -0.480 e. The largest absolute Gasteiger partial charge is 0.480 e. The van der Waals surface area contributed by atoms with Crippen molar-refractivity contribution in [2.45, 2.75) is 69.5 Å². The first kappa shape index (κ1) is 27.5. The summed E-state index contributed by atoms with van der Waals surface area (Å²) in [7, 11) is -4.12. The van der Waals surface area contributed by atoms with Gasteiger partial charge in [-0.3, -0.25) is 14.4 Å². The number of aliphatic carboxylic acids is 1. The van der Waals surface area contributed by atoms with Crippen LogP contribution in [0.3, 0.4) is 0 Å². The molecule has 1 amide bonds. The zero-order valence-corrected chi connectivity index (χ0v) is 21.4. The fraction of sp³-hybridized carbons (Fsp3) is 0.458. The van der Waals surface area contributed by atoms with E-state index in [0.29, 0.717) is 29.8 Å². The van der Waals surface area contributed by atoms with Crippen LogP contribution < -0.4 is 21.3 Å². The first-order valence-electron chi connectivity index (χ1n) is 11.7. The molecular formula is C24H33N5O6S. The molecule has 196 valence electrons. The maximum atomic E-state index is 12.9. The quantitative estimate of drug-likeness (QED) is 0.291. The molecule has 0 saturated carbocycles. The second-order valence-corrected chi connectivity index (χ2v) is 10.8. The second-order valence-electron chi connectivity index (χ2n) is 9.13. The van der Waals surface area contributed by atoms with E-state index in [1.807, 2.05) is 19.1 Å². The second kappa shape index (κ2) is 11.8. The van der Waals surface area contributed by atoms with Gasteiger partial charge in [0.1, 0.15) is 11.9 Å². The van der Waals surface area contributed by atoms with Gasteiger partial charge in [-0.15, -0.1) is 0 Å².